The number of fused-ring (bicyclic) bond motifs is 1. The molecule has 0 spiro atoms. The van der Waals surface area contributed by atoms with E-state index in [0.29, 0.717) is 22.6 Å². The molecule has 0 aliphatic carbocycles. The minimum Gasteiger partial charge on any atom is -0.365 e. The molecule has 0 unspecified atom stereocenters. The number of hydrogen-bond acceptors (Lipinski definition) is 5. The summed E-state index contributed by atoms with van der Waals surface area (Å²) in [7, 11) is -3.27. The molecule has 0 amide bonds. The van der Waals surface area contributed by atoms with Gasteiger partial charge in [0.25, 0.3) is 0 Å². The van der Waals surface area contributed by atoms with Crippen LogP contribution in [0.3, 0.4) is 0 Å². The molecule has 20 heavy (non-hydrogen) atoms. The number of hydrogen-bond donors (Lipinski definition) is 2. The van der Waals surface area contributed by atoms with E-state index in [0.717, 1.165) is 6.26 Å². The van der Waals surface area contributed by atoms with Crippen LogP contribution in [-0.2, 0) is 10.0 Å². The Labute approximate surface area is 126 Å². The zero-order valence-electron chi connectivity index (χ0n) is 11.4. The first kappa shape index (κ1) is 15.2. The molecule has 2 N–H and O–H groups in total. The third-order valence-electron chi connectivity index (χ3n) is 2.50. The van der Waals surface area contributed by atoms with Gasteiger partial charge in [-0.25, -0.2) is 23.1 Å². The molecule has 110 valence electrons. The summed E-state index contributed by atoms with van der Waals surface area (Å²) in [5.74, 6) is 0.591. The maximum atomic E-state index is 11.3. The molecule has 0 atom stereocenters. The quantitative estimate of drug-likeness (QED) is 0.835. The monoisotopic (exact) mass is 361 g/mol. The van der Waals surface area contributed by atoms with Crippen LogP contribution in [0.15, 0.2) is 23.2 Å². The largest absolute Gasteiger partial charge is 0.365 e. The first-order valence-electron chi connectivity index (χ1n) is 5.88. The van der Waals surface area contributed by atoms with E-state index < -0.39 is 15.6 Å². The lowest BCUT2D eigenvalue weighted by molar-refractivity contribution is 0.476. The zero-order valence-corrected chi connectivity index (χ0v) is 13.8. The SMILES string of the molecule is CC(C)(CNc1nc(Br)cn2ccnc12)NS(C)(=O)=O. The van der Waals surface area contributed by atoms with E-state index in [1.54, 1.807) is 26.2 Å². The molecule has 0 aliphatic heterocycles. The lowest BCUT2D eigenvalue weighted by Gasteiger charge is -2.25. The molecule has 2 aromatic rings. The van der Waals surface area contributed by atoms with E-state index in [-0.39, 0.29) is 0 Å². The van der Waals surface area contributed by atoms with Crippen molar-refractivity contribution in [2.45, 2.75) is 19.4 Å². The highest BCUT2D eigenvalue weighted by molar-refractivity contribution is 9.10. The molecule has 0 radical (unpaired) electrons. The lowest BCUT2D eigenvalue weighted by Crippen LogP contribution is -2.47. The third-order valence-corrected chi connectivity index (χ3v) is 3.81. The van der Waals surface area contributed by atoms with Crippen molar-refractivity contribution < 1.29 is 8.42 Å². The molecule has 0 aromatic carbocycles. The summed E-state index contributed by atoms with van der Waals surface area (Å²) < 4.78 is 27.7. The molecular formula is C11H16BrN5O2S. The van der Waals surface area contributed by atoms with Gasteiger partial charge in [-0.3, -0.25) is 0 Å². The predicted octanol–water partition coefficient (Wildman–Crippen LogP) is 1.23. The Balaban J connectivity index is 2.19. The highest BCUT2D eigenvalue weighted by Gasteiger charge is 2.22. The number of halogens is 1. The highest BCUT2D eigenvalue weighted by Crippen LogP contribution is 2.17. The number of anilines is 1. The van der Waals surface area contributed by atoms with Gasteiger partial charge in [0, 0.05) is 30.7 Å². The van der Waals surface area contributed by atoms with Gasteiger partial charge in [0.05, 0.1) is 6.26 Å². The fraction of sp³-hybridized carbons (Fsp3) is 0.455. The minimum absolute atomic E-state index is 0.381. The van der Waals surface area contributed by atoms with Gasteiger partial charge in [0.1, 0.15) is 4.60 Å². The third kappa shape index (κ3) is 3.90. The summed E-state index contributed by atoms with van der Waals surface area (Å²) in [6.07, 6.45) is 6.42. The van der Waals surface area contributed by atoms with E-state index in [2.05, 4.69) is 35.9 Å². The van der Waals surface area contributed by atoms with E-state index in [1.807, 2.05) is 10.6 Å². The van der Waals surface area contributed by atoms with Gasteiger partial charge in [0.15, 0.2) is 11.5 Å². The van der Waals surface area contributed by atoms with Crippen LogP contribution in [0.25, 0.3) is 5.65 Å². The zero-order chi connectivity index (χ0) is 15.0. The van der Waals surface area contributed by atoms with Gasteiger partial charge in [-0.2, -0.15) is 0 Å². The first-order valence-corrected chi connectivity index (χ1v) is 8.57. The highest BCUT2D eigenvalue weighted by atomic mass is 79.9. The smallest absolute Gasteiger partial charge is 0.209 e. The summed E-state index contributed by atoms with van der Waals surface area (Å²) in [5.41, 5.74) is 0.0459. The number of nitrogens with one attached hydrogen (secondary N) is 2. The molecular weight excluding hydrogens is 346 g/mol. The molecule has 0 saturated carbocycles. The second kappa shape index (κ2) is 5.30. The van der Waals surface area contributed by atoms with Gasteiger partial charge < -0.3 is 9.72 Å². The van der Waals surface area contributed by atoms with Crippen LogP contribution < -0.4 is 10.0 Å². The number of sulfonamides is 1. The molecule has 0 saturated heterocycles. The summed E-state index contributed by atoms with van der Waals surface area (Å²) in [6, 6.07) is 0. The Morgan fingerprint density at radius 2 is 2.15 bits per heavy atom. The van der Waals surface area contributed by atoms with Crippen molar-refractivity contribution in [3.05, 3.63) is 23.2 Å². The molecule has 0 bridgehead atoms. The molecule has 2 heterocycles. The van der Waals surface area contributed by atoms with Crippen molar-refractivity contribution in [2.24, 2.45) is 0 Å². The van der Waals surface area contributed by atoms with Gasteiger partial charge in [-0.15, -0.1) is 0 Å². The standard InChI is InChI=1S/C11H16BrN5O2S/c1-11(2,16-20(3,18)19)7-14-9-10-13-4-5-17(10)6-8(12)15-9/h4-6,16H,7H2,1-3H3,(H,14,15). The second-order valence-corrected chi connectivity index (χ2v) is 7.74. The fourth-order valence-electron chi connectivity index (χ4n) is 1.86. The Morgan fingerprint density at radius 1 is 1.45 bits per heavy atom. The molecule has 7 nitrogen and oxygen atoms in total. The van der Waals surface area contributed by atoms with Crippen LogP contribution in [0.1, 0.15) is 13.8 Å². The normalized spacial score (nSPS) is 12.8. The molecule has 0 aliphatic rings. The number of aromatic nitrogens is 3. The van der Waals surface area contributed by atoms with Crippen LogP contribution in [0.2, 0.25) is 0 Å². The van der Waals surface area contributed by atoms with Crippen molar-refractivity contribution in [2.75, 3.05) is 18.1 Å². The van der Waals surface area contributed by atoms with E-state index in [9.17, 15) is 8.42 Å². The minimum atomic E-state index is -3.27. The summed E-state index contributed by atoms with van der Waals surface area (Å²) >= 11 is 3.33. The first-order chi connectivity index (χ1) is 9.16. The van der Waals surface area contributed by atoms with Crippen molar-refractivity contribution in [1.29, 1.82) is 0 Å². The topological polar surface area (TPSA) is 88.4 Å². The average molecular weight is 362 g/mol. The molecule has 0 fully saturated rings. The van der Waals surface area contributed by atoms with Crippen molar-refractivity contribution in [3.63, 3.8) is 0 Å². The average Bonchev–Trinajstić information content (AvgIpc) is 2.70. The van der Waals surface area contributed by atoms with Gasteiger partial charge >= 0.3 is 0 Å². The van der Waals surface area contributed by atoms with Crippen LogP contribution in [0.5, 0.6) is 0 Å². The molecule has 2 aromatic heterocycles. The Hall–Kier alpha value is -1.19. The summed E-state index contributed by atoms with van der Waals surface area (Å²) in [4.78, 5) is 8.53. The van der Waals surface area contributed by atoms with Crippen molar-refractivity contribution in [1.82, 2.24) is 19.1 Å². The summed E-state index contributed by atoms with van der Waals surface area (Å²) in [5, 5.41) is 3.13. The summed E-state index contributed by atoms with van der Waals surface area (Å²) in [6.45, 7) is 3.97. The van der Waals surface area contributed by atoms with Crippen molar-refractivity contribution in [3.8, 4) is 0 Å². The predicted molar refractivity (Wildman–Crippen MR) is 81.2 cm³/mol. The lowest BCUT2D eigenvalue weighted by atomic mass is 10.1. The number of imidazole rings is 1. The van der Waals surface area contributed by atoms with Crippen LogP contribution in [0, 0.1) is 0 Å². The van der Waals surface area contributed by atoms with Gasteiger partial charge in [-0.05, 0) is 29.8 Å². The van der Waals surface area contributed by atoms with E-state index in [4.69, 9.17) is 0 Å². The van der Waals surface area contributed by atoms with Crippen molar-refractivity contribution >= 4 is 37.4 Å². The van der Waals surface area contributed by atoms with E-state index >= 15 is 0 Å². The number of nitrogens with zero attached hydrogens (tertiary/aromatic N) is 3. The van der Waals surface area contributed by atoms with E-state index in [1.165, 1.54) is 0 Å². The number of rotatable bonds is 5. The second-order valence-electron chi connectivity index (χ2n) is 5.18. The Kier molecular flexibility index (Phi) is 4.03. The van der Waals surface area contributed by atoms with Crippen LogP contribution >= 0.6 is 15.9 Å². The molecule has 2 rings (SSSR count). The van der Waals surface area contributed by atoms with Gasteiger partial charge in [0.2, 0.25) is 10.0 Å². The van der Waals surface area contributed by atoms with Gasteiger partial charge in [-0.1, -0.05) is 0 Å². The Bertz CT molecular complexity index is 725. The maximum absolute atomic E-state index is 11.3. The van der Waals surface area contributed by atoms with Crippen LogP contribution in [-0.4, -0.2) is 41.1 Å². The van der Waals surface area contributed by atoms with Crippen LogP contribution in [0.4, 0.5) is 5.82 Å². The molecule has 9 heteroatoms. The Morgan fingerprint density at radius 3 is 2.80 bits per heavy atom. The maximum Gasteiger partial charge on any atom is 0.209 e. The fourth-order valence-corrected chi connectivity index (χ4v) is 3.34.